The maximum atomic E-state index is 12.3. The summed E-state index contributed by atoms with van der Waals surface area (Å²) in [6.45, 7) is 8.21. The van der Waals surface area contributed by atoms with E-state index < -0.39 is 5.60 Å². The van der Waals surface area contributed by atoms with Crippen molar-refractivity contribution < 1.29 is 14.3 Å². The van der Waals surface area contributed by atoms with Gasteiger partial charge >= 0.3 is 6.09 Å². The molecule has 0 aliphatic heterocycles. The van der Waals surface area contributed by atoms with Crippen LogP contribution in [0.3, 0.4) is 0 Å². The molecule has 0 bridgehead atoms. The number of nitrogens with zero attached hydrogens (tertiary/aromatic N) is 1. The Morgan fingerprint density at radius 2 is 1.85 bits per heavy atom. The molecule has 20 heavy (non-hydrogen) atoms. The van der Waals surface area contributed by atoms with Crippen molar-refractivity contribution >= 4 is 18.1 Å². The maximum Gasteiger partial charge on any atom is 0.414 e. The third kappa shape index (κ3) is 5.03. The van der Waals surface area contributed by atoms with Crippen LogP contribution in [0.2, 0.25) is 0 Å². The molecular weight excluding hydrogens is 254 g/mol. The Morgan fingerprint density at radius 3 is 2.30 bits per heavy atom. The van der Waals surface area contributed by atoms with Crippen molar-refractivity contribution in [1.82, 2.24) is 0 Å². The smallest absolute Gasteiger partial charge is 0.414 e. The Hall–Kier alpha value is -1.84. The second kappa shape index (κ2) is 7.08. The van der Waals surface area contributed by atoms with Gasteiger partial charge in [0.15, 0.2) is 0 Å². The molecule has 0 fully saturated rings. The number of amides is 1. The molecule has 0 aromatic heterocycles. The Kier molecular flexibility index (Phi) is 5.74. The van der Waals surface area contributed by atoms with Gasteiger partial charge in [0, 0.05) is 17.8 Å². The van der Waals surface area contributed by atoms with Crippen molar-refractivity contribution in [1.29, 1.82) is 0 Å². The molecule has 0 N–H and O–H groups in total. The van der Waals surface area contributed by atoms with Gasteiger partial charge in [0.1, 0.15) is 11.9 Å². The summed E-state index contributed by atoms with van der Waals surface area (Å²) in [4.78, 5) is 24.5. The fourth-order valence-electron chi connectivity index (χ4n) is 1.69. The molecule has 1 aromatic rings. The van der Waals surface area contributed by atoms with Gasteiger partial charge in [0.05, 0.1) is 0 Å². The highest BCUT2D eigenvalue weighted by atomic mass is 16.6. The molecule has 4 heteroatoms. The topological polar surface area (TPSA) is 46.6 Å². The molecule has 0 aliphatic carbocycles. The molecule has 0 unspecified atom stereocenters. The molecule has 0 aliphatic rings. The second-order valence-corrected chi connectivity index (χ2v) is 5.69. The first kappa shape index (κ1) is 16.2. The number of carbonyl (C=O) groups excluding carboxylic acids is 2. The van der Waals surface area contributed by atoms with Crippen LogP contribution in [0.15, 0.2) is 24.3 Å². The summed E-state index contributed by atoms with van der Waals surface area (Å²) >= 11 is 0. The summed E-state index contributed by atoms with van der Waals surface area (Å²) in [5, 5.41) is 0. The van der Waals surface area contributed by atoms with Gasteiger partial charge in [-0.1, -0.05) is 13.3 Å². The van der Waals surface area contributed by atoms with Crippen molar-refractivity contribution in [2.75, 3.05) is 11.4 Å². The van der Waals surface area contributed by atoms with E-state index in [1.54, 1.807) is 29.2 Å². The summed E-state index contributed by atoms with van der Waals surface area (Å²) in [6.07, 6.45) is 2.32. The lowest BCUT2D eigenvalue weighted by molar-refractivity contribution is 0.0580. The summed E-state index contributed by atoms with van der Waals surface area (Å²) in [6, 6.07) is 6.93. The van der Waals surface area contributed by atoms with Crippen molar-refractivity contribution in [2.45, 2.75) is 46.1 Å². The largest absolute Gasteiger partial charge is 0.443 e. The zero-order chi connectivity index (χ0) is 15.2. The average molecular weight is 277 g/mol. The van der Waals surface area contributed by atoms with Crippen molar-refractivity contribution in [3.63, 3.8) is 0 Å². The zero-order valence-electron chi connectivity index (χ0n) is 12.7. The number of unbranched alkanes of at least 4 members (excludes halogenated alkanes) is 1. The predicted molar refractivity (Wildman–Crippen MR) is 80.3 cm³/mol. The predicted octanol–water partition coefficient (Wildman–Crippen LogP) is 4.04. The van der Waals surface area contributed by atoms with Crippen molar-refractivity contribution in [3.8, 4) is 0 Å². The molecule has 0 saturated carbocycles. The van der Waals surface area contributed by atoms with Crippen LogP contribution in [0.25, 0.3) is 0 Å². The highest BCUT2D eigenvalue weighted by molar-refractivity contribution is 5.88. The van der Waals surface area contributed by atoms with E-state index >= 15 is 0 Å². The van der Waals surface area contributed by atoms with Crippen LogP contribution < -0.4 is 4.90 Å². The van der Waals surface area contributed by atoms with Crippen LogP contribution in [0.1, 0.15) is 50.9 Å². The number of carbonyl (C=O) groups is 2. The van der Waals surface area contributed by atoms with E-state index in [-0.39, 0.29) is 6.09 Å². The molecule has 0 heterocycles. The molecule has 0 atom stereocenters. The summed E-state index contributed by atoms with van der Waals surface area (Å²) < 4.78 is 5.43. The maximum absolute atomic E-state index is 12.3. The van der Waals surface area contributed by atoms with Crippen molar-refractivity contribution in [3.05, 3.63) is 29.8 Å². The number of anilines is 1. The second-order valence-electron chi connectivity index (χ2n) is 5.69. The first-order valence-corrected chi connectivity index (χ1v) is 6.93. The number of hydrogen-bond donors (Lipinski definition) is 0. The van der Waals surface area contributed by atoms with Crippen LogP contribution in [0, 0.1) is 0 Å². The fraction of sp³-hybridized carbons (Fsp3) is 0.500. The third-order valence-electron chi connectivity index (χ3n) is 2.69. The molecular formula is C16H23NO3. The minimum Gasteiger partial charge on any atom is -0.443 e. The van der Waals surface area contributed by atoms with E-state index in [1.165, 1.54) is 0 Å². The standard InChI is InChI=1S/C16H23NO3/c1-5-6-11-17(15(19)20-16(2,3)4)14-9-7-13(12-18)8-10-14/h7-10,12H,5-6,11H2,1-4H3. The number of rotatable bonds is 5. The molecule has 0 saturated heterocycles. The van der Waals surface area contributed by atoms with Crippen LogP contribution in [-0.4, -0.2) is 24.5 Å². The van der Waals surface area contributed by atoms with E-state index in [2.05, 4.69) is 6.92 Å². The van der Waals surface area contributed by atoms with E-state index in [1.807, 2.05) is 20.8 Å². The zero-order valence-corrected chi connectivity index (χ0v) is 12.7. The Morgan fingerprint density at radius 1 is 1.25 bits per heavy atom. The first-order valence-electron chi connectivity index (χ1n) is 6.93. The molecule has 1 rings (SSSR count). The summed E-state index contributed by atoms with van der Waals surface area (Å²) in [5.74, 6) is 0. The van der Waals surface area contributed by atoms with Gasteiger partial charge in [-0.2, -0.15) is 0 Å². The quantitative estimate of drug-likeness (QED) is 0.763. The molecule has 0 radical (unpaired) electrons. The monoisotopic (exact) mass is 277 g/mol. The summed E-state index contributed by atoms with van der Waals surface area (Å²) in [7, 11) is 0. The highest BCUT2D eigenvalue weighted by Gasteiger charge is 2.22. The van der Waals surface area contributed by atoms with Gasteiger partial charge in [-0.3, -0.25) is 9.69 Å². The van der Waals surface area contributed by atoms with E-state index in [0.29, 0.717) is 12.1 Å². The van der Waals surface area contributed by atoms with E-state index in [0.717, 1.165) is 24.8 Å². The van der Waals surface area contributed by atoms with Crippen molar-refractivity contribution in [2.24, 2.45) is 0 Å². The SMILES string of the molecule is CCCCN(C(=O)OC(C)(C)C)c1ccc(C=O)cc1. The molecule has 0 spiro atoms. The normalized spacial score (nSPS) is 11.0. The number of benzene rings is 1. The Balaban J connectivity index is 2.92. The van der Waals surface area contributed by atoms with Gasteiger partial charge < -0.3 is 4.74 Å². The average Bonchev–Trinajstić information content (AvgIpc) is 2.38. The molecule has 1 aromatic carbocycles. The lowest BCUT2D eigenvalue weighted by atomic mass is 10.2. The Bertz CT molecular complexity index is 446. The lowest BCUT2D eigenvalue weighted by Crippen LogP contribution is -2.37. The number of ether oxygens (including phenoxy) is 1. The third-order valence-corrected chi connectivity index (χ3v) is 2.69. The van der Waals surface area contributed by atoms with Crippen LogP contribution >= 0.6 is 0 Å². The molecule has 1 amide bonds. The first-order chi connectivity index (χ1) is 9.37. The summed E-state index contributed by atoms with van der Waals surface area (Å²) in [5.41, 5.74) is 0.816. The van der Waals surface area contributed by atoms with Gasteiger partial charge in [-0.15, -0.1) is 0 Å². The Labute approximate surface area is 120 Å². The van der Waals surface area contributed by atoms with Gasteiger partial charge in [-0.05, 0) is 51.5 Å². The van der Waals surface area contributed by atoms with E-state index in [4.69, 9.17) is 4.74 Å². The van der Waals surface area contributed by atoms with Crippen LogP contribution in [0.5, 0.6) is 0 Å². The van der Waals surface area contributed by atoms with Crippen LogP contribution in [0.4, 0.5) is 10.5 Å². The minimum atomic E-state index is -0.524. The highest BCUT2D eigenvalue weighted by Crippen LogP contribution is 2.19. The van der Waals surface area contributed by atoms with Gasteiger partial charge in [-0.25, -0.2) is 4.79 Å². The van der Waals surface area contributed by atoms with Gasteiger partial charge in [0.25, 0.3) is 0 Å². The number of hydrogen-bond acceptors (Lipinski definition) is 3. The fourth-order valence-corrected chi connectivity index (χ4v) is 1.69. The minimum absolute atomic E-state index is 0.357. The van der Waals surface area contributed by atoms with Crippen LogP contribution in [-0.2, 0) is 4.74 Å². The number of aldehydes is 1. The van der Waals surface area contributed by atoms with E-state index in [9.17, 15) is 9.59 Å². The molecule has 4 nitrogen and oxygen atoms in total. The lowest BCUT2D eigenvalue weighted by Gasteiger charge is -2.27. The van der Waals surface area contributed by atoms with Gasteiger partial charge in [0.2, 0.25) is 0 Å². The molecule has 110 valence electrons.